The van der Waals surface area contributed by atoms with Crippen LogP contribution in [-0.2, 0) is 16.6 Å². The van der Waals surface area contributed by atoms with E-state index in [0.29, 0.717) is 23.8 Å². The van der Waals surface area contributed by atoms with Gasteiger partial charge in [-0.05, 0) is 20.8 Å². The molecule has 0 aliphatic carbocycles. The Morgan fingerprint density at radius 3 is 2.54 bits per heavy atom. The van der Waals surface area contributed by atoms with Gasteiger partial charge in [0.15, 0.2) is 11.6 Å². The zero-order chi connectivity index (χ0) is 18.5. The van der Waals surface area contributed by atoms with E-state index in [1.54, 1.807) is 13.8 Å². The number of nitrogens with zero attached hydrogens (tertiary/aromatic N) is 5. The third-order valence-corrected chi connectivity index (χ3v) is 6.65. The minimum atomic E-state index is -3.72. The van der Waals surface area contributed by atoms with E-state index in [0.717, 1.165) is 11.4 Å². The van der Waals surface area contributed by atoms with Crippen LogP contribution in [0.2, 0.25) is 0 Å². The predicted molar refractivity (Wildman–Crippen MR) is 93.7 cm³/mol. The minimum absolute atomic E-state index is 0.0980. The van der Waals surface area contributed by atoms with Crippen LogP contribution in [-0.4, -0.2) is 39.2 Å². The van der Waals surface area contributed by atoms with E-state index in [1.807, 2.05) is 41.8 Å². The lowest BCUT2D eigenvalue weighted by Gasteiger charge is -2.31. The quantitative estimate of drug-likeness (QED) is 0.699. The molecule has 2 aromatic heterocycles. The van der Waals surface area contributed by atoms with Gasteiger partial charge in [0.1, 0.15) is 16.4 Å². The largest absolute Gasteiger partial charge is 0.360 e. The van der Waals surface area contributed by atoms with E-state index >= 15 is 0 Å². The summed E-state index contributed by atoms with van der Waals surface area (Å²) in [5, 5.41) is 12.3. The molecule has 4 rings (SSSR count). The molecule has 0 spiro atoms. The topological polar surface area (TPSA) is 94.1 Å². The van der Waals surface area contributed by atoms with Gasteiger partial charge in [0.25, 0.3) is 0 Å². The molecule has 3 aromatic rings. The highest BCUT2D eigenvalue weighted by Crippen LogP contribution is 2.32. The fraction of sp³-hybridized carbons (Fsp3) is 0.353. The normalized spacial score (nSPS) is 18.0. The zero-order valence-corrected chi connectivity index (χ0v) is 15.6. The van der Waals surface area contributed by atoms with Crippen LogP contribution >= 0.6 is 0 Å². The van der Waals surface area contributed by atoms with Crippen LogP contribution in [0.3, 0.4) is 0 Å². The van der Waals surface area contributed by atoms with Gasteiger partial charge in [-0.3, -0.25) is 0 Å². The first-order valence-corrected chi connectivity index (χ1v) is 9.76. The Morgan fingerprint density at radius 1 is 1.15 bits per heavy atom. The van der Waals surface area contributed by atoms with Crippen molar-refractivity contribution in [3.63, 3.8) is 0 Å². The van der Waals surface area contributed by atoms with Crippen molar-refractivity contribution in [3.05, 3.63) is 47.6 Å². The van der Waals surface area contributed by atoms with Crippen LogP contribution in [0, 0.1) is 13.8 Å². The number of benzene rings is 1. The Kier molecular flexibility index (Phi) is 3.92. The molecule has 8 nitrogen and oxygen atoms in total. The molecule has 26 heavy (non-hydrogen) atoms. The number of hydrogen-bond acceptors (Lipinski definition) is 6. The fourth-order valence-corrected chi connectivity index (χ4v) is 5.20. The number of fused-ring (bicyclic) bond motifs is 1. The van der Waals surface area contributed by atoms with Crippen LogP contribution < -0.4 is 0 Å². The van der Waals surface area contributed by atoms with Gasteiger partial charge in [-0.25, -0.2) is 8.42 Å². The molecule has 0 fully saturated rings. The first-order chi connectivity index (χ1) is 12.4. The highest BCUT2D eigenvalue weighted by atomic mass is 32.2. The molecule has 0 unspecified atom stereocenters. The van der Waals surface area contributed by atoms with Crippen LogP contribution in [0.4, 0.5) is 0 Å². The molecule has 0 saturated carbocycles. The van der Waals surface area contributed by atoms with Gasteiger partial charge in [0.2, 0.25) is 10.0 Å². The fourth-order valence-electron chi connectivity index (χ4n) is 3.43. The van der Waals surface area contributed by atoms with Crippen molar-refractivity contribution in [2.24, 2.45) is 0 Å². The summed E-state index contributed by atoms with van der Waals surface area (Å²) in [5.41, 5.74) is 1.33. The van der Waals surface area contributed by atoms with Crippen LogP contribution in [0.5, 0.6) is 0 Å². The lowest BCUT2D eigenvalue weighted by atomic mass is 10.2. The van der Waals surface area contributed by atoms with Crippen LogP contribution in [0.15, 0.2) is 39.8 Å². The van der Waals surface area contributed by atoms with Crippen molar-refractivity contribution in [2.75, 3.05) is 6.54 Å². The third kappa shape index (κ3) is 2.55. The Morgan fingerprint density at radius 2 is 1.88 bits per heavy atom. The van der Waals surface area contributed by atoms with E-state index < -0.39 is 10.0 Å². The van der Waals surface area contributed by atoms with E-state index in [9.17, 15) is 8.42 Å². The molecule has 1 atom stereocenters. The lowest BCUT2D eigenvalue weighted by Crippen LogP contribution is -2.40. The van der Waals surface area contributed by atoms with E-state index in [4.69, 9.17) is 4.52 Å². The monoisotopic (exact) mass is 373 g/mol. The minimum Gasteiger partial charge on any atom is -0.360 e. The SMILES string of the molecule is Cc1noc(C)c1S(=O)(=O)N1Cc2nnc(-c3ccccc3)n2[C@@H](C)C1. The predicted octanol–water partition coefficient (Wildman–Crippen LogP) is 2.32. The standard InChI is InChI=1S/C17H19N5O3S/c1-11-9-21(26(23,24)16-12(2)20-25-13(16)3)10-15-18-19-17(22(11)15)14-7-5-4-6-8-14/h4-8,11H,9-10H2,1-3H3/t11-/m0/s1. The van der Waals surface area contributed by atoms with Gasteiger partial charge in [-0.15, -0.1) is 10.2 Å². The summed E-state index contributed by atoms with van der Waals surface area (Å²) in [6, 6.07) is 9.67. The molecular formula is C17H19N5O3S. The molecule has 9 heteroatoms. The van der Waals surface area contributed by atoms with Gasteiger partial charge in [0, 0.05) is 18.2 Å². The molecular weight excluding hydrogens is 354 g/mol. The van der Waals surface area contributed by atoms with Gasteiger partial charge in [-0.1, -0.05) is 35.5 Å². The number of aryl methyl sites for hydroxylation is 2. The average Bonchev–Trinajstić information content (AvgIpc) is 3.19. The van der Waals surface area contributed by atoms with Gasteiger partial charge < -0.3 is 9.09 Å². The second kappa shape index (κ2) is 6.03. The Labute approximate surface area is 151 Å². The molecule has 0 radical (unpaired) electrons. The highest BCUT2D eigenvalue weighted by molar-refractivity contribution is 7.89. The van der Waals surface area contributed by atoms with Crippen molar-refractivity contribution in [3.8, 4) is 11.4 Å². The molecule has 0 N–H and O–H groups in total. The molecule has 0 bridgehead atoms. The van der Waals surface area contributed by atoms with Crippen molar-refractivity contribution >= 4 is 10.0 Å². The zero-order valence-electron chi connectivity index (χ0n) is 14.7. The second-order valence-corrected chi connectivity index (χ2v) is 8.35. The van der Waals surface area contributed by atoms with Crippen molar-refractivity contribution < 1.29 is 12.9 Å². The van der Waals surface area contributed by atoms with Crippen molar-refractivity contribution in [2.45, 2.75) is 38.3 Å². The summed E-state index contributed by atoms with van der Waals surface area (Å²) in [7, 11) is -3.72. The van der Waals surface area contributed by atoms with Crippen LogP contribution in [0.1, 0.15) is 30.2 Å². The molecule has 0 saturated heterocycles. The Bertz CT molecular complexity index is 1040. The molecule has 136 valence electrons. The first kappa shape index (κ1) is 16.9. The maximum atomic E-state index is 13.1. The van der Waals surface area contributed by atoms with Crippen molar-refractivity contribution in [1.29, 1.82) is 0 Å². The number of hydrogen-bond donors (Lipinski definition) is 0. The maximum Gasteiger partial charge on any atom is 0.248 e. The molecule has 0 amide bonds. The van der Waals surface area contributed by atoms with Crippen molar-refractivity contribution in [1.82, 2.24) is 24.2 Å². The molecule has 1 aliphatic rings. The first-order valence-electron chi connectivity index (χ1n) is 8.32. The average molecular weight is 373 g/mol. The number of sulfonamides is 1. The van der Waals surface area contributed by atoms with E-state index in [1.165, 1.54) is 4.31 Å². The summed E-state index contributed by atoms with van der Waals surface area (Å²) in [6.07, 6.45) is 0. The number of aromatic nitrogens is 4. The van der Waals surface area contributed by atoms with Gasteiger partial charge >= 0.3 is 0 Å². The maximum absolute atomic E-state index is 13.1. The smallest absolute Gasteiger partial charge is 0.248 e. The second-order valence-electron chi connectivity index (χ2n) is 6.48. The van der Waals surface area contributed by atoms with Crippen LogP contribution in [0.25, 0.3) is 11.4 Å². The number of rotatable bonds is 3. The van der Waals surface area contributed by atoms with E-state index in [-0.39, 0.29) is 17.5 Å². The molecule has 1 aliphatic heterocycles. The van der Waals surface area contributed by atoms with Gasteiger partial charge in [0.05, 0.1) is 6.54 Å². The molecule has 3 heterocycles. The summed E-state index contributed by atoms with van der Waals surface area (Å²) >= 11 is 0. The Hall–Kier alpha value is -2.52. The third-order valence-electron chi connectivity index (χ3n) is 4.59. The summed E-state index contributed by atoms with van der Waals surface area (Å²) < 4.78 is 34.7. The summed E-state index contributed by atoms with van der Waals surface area (Å²) in [6.45, 7) is 5.70. The summed E-state index contributed by atoms with van der Waals surface area (Å²) in [5.74, 6) is 1.67. The summed E-state index contributed by atoms with van der Waals surface area (Å²) in [4.78, 5) is 0.140. The highest BCUT2D eigenvalue weighted by Gasteiger charge is 2.37. The molecule has 1 aromatic carbocycles. The lowest BCUT2D eigenvalue weighted by molar-refractivity contribution is 0.292. The Balaban J connectivity index is 1.73. The van der Waals surface area contributed by atoms with E-state index in [2.05, 4.69) is 15.4 Å². The van der Waals surface area contributed by atoms with Gasteiger partial charge in [-0.2, -0.15) is 4.31 Å².